The van der Waals surface area contributed by atoms with E-state index in [2.05, 4.69) is 0 Å². The maximum atomic E-state index is 8.00. The van der Waals surface area contributed by atoms with Crippen LogP contribution in [0.15, 0.2) is 48.6 Å². The Morgan fingerprint density at radius 1 is 0.400 bits per heavy atom. The minimum atomic E-state index is 0. The molecule has 0 N–H and O–H groups in total. The third-order valence-corrected chi connectivity index (χ3v) is 0.889. The van der Waals surface area contributed by atoms with Crippen molar-refractivity contribution >= 4 is 20.4 Å². The maximum Gasteiger partial charge on any atom is 0.106 e. The largest absolute Gasteiger partial charge is 0.307 e. The molecule has 0 heterocycles. The van der Waals surface area contributed by atoms with Crippen LogP contribution in [-0.4, -0.2) is 20.4 Å². The summed E-state index contributed by atoms with van der Waals surface area (Å²) in [5.41, 5.74) is 0. The molecule has 0 aliphatic heterocycles. The molecular weight excluding hydrogens is 236 g/mol. The summed E-state index contributed by atoms with van der Waals surface area (Å²) < 4.78 is 0. The number of carbonyl (C=O) groups excluding carboxylic acids is 3. The van der Waals surface area contributed by atoms with Gasteiger partial charge < -0.3 is 14.4 Å². The Labute approximate surface area is 101 Å². The van der Waals surface area contributed by atoms with E-state index < -0.39 is 0 Å². The predicted molar refractivity (Wildman–Crippen MR) is 57.9 cm³/mol. The molecule has 0 radical (unpaired) electrons. The zero-order valence-corrected chi connectivity index (χ0v) is 9.42. The number of rotatable bonds is 0. The first-order valence-electron chi connectivity index (χ1n) is 3.53. The van der Waals surface area contributed by atoms with Crippen LogP contribution < -0.4 is 0 Å². The Balaban J connectivity index is -0.0000000755. The fourth-order valence-electron chi connectivity index (χ4n) is 0.513. The summed E-state index contributed by atoms with van der Waals surface area (Å²) in [6.07, 6.45) is 16.0. The van der Waals surface area contributed by atoms with Crippen molar-refractivity contribution in [3.05, 3.63) is 48.6 Å². The van der Waals surface area contributed by atoms with Crippen molar-refractivity contribution in [2.45, 2.75) is 0 Å². The van der Waals surface area contributed by atoms with E-state index in [9.17, 15) is 0 Å². The van der Waals surface area contributed by atoms with Crippen LogP contribution in [0.3, 0.4) is 0 Å². The van der Waals surface area contributed by atoms with Gasteiger partial charge >= 0.3 is 0 Å². The molecule has 0 atom stereocenters. The van der Waals surface area contributed by atoms with Gasteiger partial charge in [0, 0.05) is 17.1 Å². The fourth-order valence-corrected chi connectivity index (χ4v) is 0.513. The molecule has 15 heavy (non-hydrogen) atoms. The van der Waals surface area contributed by atoms with Crippen LogP contribution in [0.1, 0.15) is 0 Å². The molecule has 1 rings (SSSR count). The maximum absolute atomic E-state index is 8.00. The van der Waals surface area contributed by atoms with Crippen molar-refractivity contribution in [2.75, 3.05) is 0 Å². The van der Waals surface area contributed by atoms with Gasteiger partial charge in [0.15, 0.2) is 0 Å². The third-order valence-electron chi connectivity index (χ3n) is 0.889. The zero-order valence-electron chi connectivity index (χ0n) is 8.32. The van der Waals surface area contributed by atoms with E-state index >= 15 is 0 Å². The molecule has 4 heteroatoms. The first kappa shape index (κ1) is 23.4. The molecule has 0 saturated carbocycles. The molecule has 3 nitrogen and oxygen atoms in total. The second-order valence-electron chi connectivity index (χ2n) is 1.54. The molecule has 0 saturated heterocycles. The summed E-state index contributed by atoms with van der Waals surface area (Å²) >= 11 is 0. The molecule has 0 spiro atoms. The van der Waals surface area contributed by atoms with Crippen molar-refractivity contribution in [2.24, 2.45) is 0 Å². The molecular formula is C11H14FeO3. The first-order valence-corrected chi connectivity index (χ1v) is 3.53. The van der Waals surface area contributed by atoms with Gasteiger partial charge in [0.2, 0.25) is 0 Å². The molecule has 1 aliphatic rings. The summed E-state index contributed by atoms with van der Waals surface area (Å²) in [7, 11) is 0. The molecule has 0 aromatic heterocycles. The standard InChI is InChI=1S/C8H8.3CH2O.Fe/c1-2-4-6-8-7-5-3-1;3*1-2;/h1-8H;3*1H2;. The van der Waals surface area contributed by atoms with Crippen LogP contribution in [0.2, 0.25) is 0 Å². The van der Waals surface area contributed by atoms with E-state index in [-0.39, 0.29) is 17.1 Å². The molecule has 0 aromatic carbocycles. The first-order chi connectivity index (χ1) is 7.00. The normalized spacial score (nSPS) is 9.33. The number of hydrogen-bond acceptors (Lipinski definition) is 3. The van der Waals surface area contributed by atoms with Gasteiger partial charge in [-0.3, -0.25) is 0 Å². The Morgan fingerprint density at radius 2 is 0.467 bits per heavy atom. The van der Waals surface area contributed by atoms with Gasteiger partial charge in [0.25, 0.3) is 0 Å². The Morgan fingerprint density at radius 3 is 0.533 bits per heavy atom. The van der Waals surface area contributed by atoms with E-state index in [0.29, 0.717) is 0 Å². The second-order valence-corrected chi connectivity index (χ2v) is 1.54. The monoisotopic (exact) mass is 250 g/mol. The molecule has 0 fully saturated rings. The number of allylic oxidation sites excluding steroid dienone is 8. The summed E-state index contributed by atoms with van der Waals surface area (Å²) in [6.45, 7) is 6.00. The molecule has 0 aromatic rings. The summed E-state index contributed by atoms with van der Waals surface area (Å²) in [5.74, 6) is 0. The minimum Gasteiger partial charge on any atom is -0.307 e. The second kappa shape index (κ2) is 39.1. The van der Waals surface area contributed by atoms with Crippen LogP contribution in [0.25, 0.3) is 0 Å². The number of carbonyl (C=O) groups is 3. The molecule has 0 unspecified atom stereocenters. The Hall–Kier alpha value is -1.51. The van der Waals surface area contributed by atoms with E-state index in [4.69, 9.17) is 14.4 Å². The van der Waals surface area contributed by atoms with Crippen LogP contribution in [0.4, 0.5) is 0 Å². The van der Waals surface area contributed by atoms with Crippen LogP contribution >= 0.6 is 0 Å². The van der Waals surface area contributed by atoms with Crippen LogP contribution in [-0.2, 0) is 31.5 Å². The number of hydrogen-bond donors (Lipinski definition) is 0. The Bertz CT molecular complexity index is 147. The molecule has 84 valence electrons. The van der Waals surface area contributed by atoms with Crippen molar-refractivity contribution < 1.29 is 31.5 Å². The molecule has 0 amide bonds. The van der Waals surface area contributed by atoms with Gasteiger partial charge in [-0.1, -0.05) is 48.6 Å². The van der Waals surface area contributed by atoms with Crippen molar-refractivity contribution in [1.29, 1.82) is 0 Å². The van der Waals surface area contributed by atoms with Gasteiger partial charge in [-0.2, -0.15) is 0 Å². The topological polar surface area (TPSA) is 51.2 Å². The molecule has 0 bridgehead atoms. The van der Waals surface area contributed by atoms with E-state index in [1.807, 2.05) is 69.0 Å². The quantitative estimate of drug-likeness (QED) is 0.614. The Kier molecular flexibility index (Phi) is 61.0. The van der Waals surface area contributed by atoms with Gasteiger partial charge in [0.1, 0.15) is 20.4 Å². The van der Waals surface area contributed by atoms with Crippen molar-refractivity contribution in [3.8, 4) is 0 Å². The fraction of sp³-hybridized carbons (Fsp3) is 0. The third kappa shape index (κ3) is 32.6. The average molecular weight is 250 g/mol. The van der Waals surface area contributed by atoms with Gasteiger partial charge in [0.05, 0.1) is 0 Å². The van der Waals surface area contributed by atoms with Gasteiger partial charge in [-0.05, 0) is 0 Å². The average Bonchev–Trinajstić information content (AvgIpc) is 2.26. The van der Waals surface area contributed by atoms with Crippen molar-refractivity contribution in [3.63, 3.8) is 0 Å². The summed E-state index contributed by atoms with van der Waals surface area (Å²) in [5, 5.41) is 0. The SMILES string of the molecule is C1=CC=CC=CC=C1.C=O.C=O.C=O.[Fe]. The minimum absolute atomic E-state index is 0. The molecule has 1 aliphatic carbocycles. The van der Waals surface area contributed by atoms with Crippen LogP contribution in [0, 0.1) is 0 Å². The summed E-state index contributed by atoms with van der Waals surface area (Å²) in [4.78, 5) is 24.0. The van der Waals surface area contributed by atoms with E-state index in [1.165, 1.54) is 0 Å². The van der Waals surface area contributed by atoms with Crippen LogP contribution in [0.5, 0.6) is 0 Å². The van der Waals surface area contributed by atoms with Gasteiger partial charge in [-0.25, -0.2) is 0 Å². The smallest absolute Gasteiger partial charge is 0.106 e. The zero-order chi connectivity index (χ0) is 11.7. The van der Waals surface area contributed by atoms with Gasteiger partial charge in [-0.15, -0.1) is 0 Å². The van der Waals surface area contributed by atoms with E-state index in [1.54, 1.807) is 0 Å². The van der Waals surface area contributed by atoms with Crippen molar-refractivity contribution in [1.82, 2.24) is 0 Å². The predicted octanol–water partition coefficient (Wildman–Crippen LogP) is 1.67. The summed E-state index contributed by atoms with van der Waals surface area (Å²) in [6, 6.07) is 0. The van der Waals surface area contributed by atoms with E-state index in [0.717, 1.165) is 0 Å².